The van der Waals surface area contributed by atoms with Gasteiger partial charge in [-0.25, -0.2) is 0 Å². The second kappa shape index (κ2) is 5.76. The summed E-state index contributed by atoms with van der Waals surface area (Å²) < 4.78 is 5.35. The van der Waals surface area contributed by atoms with E-state index in [-0.39, 0.29) is 6.04 Å². The van der Waals surface area contributed by atoms with Gasteiger partial charge in [0.05, 0.1) is 7.11 Å². The first-order chi connectivity index (χ1) is 7.17. The molecule has 15 heavy (non-hydrogen) atoms. The zero-order chi connectivity index (χ0) is 11.3. The standard InChI is InChI=1S/C13H21NO/c1-4-12-8-7-11(6-5-10(2)14)9-13(12)15-3/h7-10H,4-6,14H2,1-3H3. The highest BCUT2D eigenvalue weighted by Gasteiger charge is 2.03. The van der Waals surface area contributed by atoms with Gasteiger partial charge in [0.1, 0.15) is 5.75 Å². The minimum absolute atomic E-state index is 0.266. The molecule has 1 unspecified atom stereocenters. The Labute approximate surface area is 92.4 Å². The molecule has 0 spiro atoms. The van der Waals surface area contributed by atoms with Crippen molar-refractivity contribution in [2.45, 2.75) is 39.2 Å². The van der Waals surface area contributed by atoms with Gasteiger partial charge in [-0.15, -0.1) is 0 Å². The Balaban J connectivity index is 2.74. The Morgan fingerprint density at radius 3 is 2.67 bits per heavy atom. The van der Waals surface area contributed by atoms with Gasteiger partial charge < -0.3 is 10.5 Å². The topological polar surface area (TPSA) is 35.2 Å². The van der Waals surface area contributed by atoms with Crippen LogP contribution >= 0.6 is 0 Å². The molecule has 1 atom stereocenters. The first kappa shape index (κ1) is 12.1. The largest absolute Gasteiger partial charge is 0.496 e. The zero-order valence-corrected chi connectivity index (χ0v) is 9.92. The molecule has 0 amide bonds. The van der Waals surface area contributed by atoms with Gasteiger partial charge in [0, 0.05) is 6.04 Å². The van der Waals surface area contributed by atoms with E-state index in [2.05, 4.69) is 25.1 Å². The minimum Gasteiger partial charge on any atom is -0.496 e. The summed E-state index contributed by atoms with van der Waals surface area (Å²) in [6.45, 7) is 4.18. The van der Waals surface area contributed by atoms with E-state index in [0.717, 1.165) is 25.0 Å². The molecule has 2 heteroatoms. The fourth-order valence-electron chi connectivity index (χ4n) is 1.63. The Hall–Kier alpha value is -1.02. The fraction of sp³-hybridized carbons (Fsp3) is 0.538. The third kappa shape index (κ3) is 3.56. The van der Waals surface area contributed by atoms with Gasteiger partial charge in [0.25, 0.3) is 0 Å². The molecule has 2 N–H and O–H groups in total. The van der Waals surface area contributed by atoms with Crippen LogP contribution in [0.15, 0.2) is 18.2 Å². The highest BCUT2D eigenvalue weighted by Crippen LogP contribution is 2.21. The van der Waals surface area contributed by atoms with Crippen LogP contribution in [-0.2, 0) is 12.8 Å². The molecule has 0 aliphatic heterocycles. The van der Waals surface area contributed by atoms with Crippen LogP contribution in [0, 0.1) is 0 Å². The van der Waals surface area contributed by atoms with Crippen LogP contribution in [0.5, 0.6) is 5.75 Å². The Bertz CT molecular complexity index is 307. The molecule has 0 fully saturated rings. The van der Waals surface area contributed by atoms with E-state index in [1.165, 1.54) is 11.1 Å². The number of hydrogen-bond acceptors (Lipinski definition) is 2. The Kier molecular flexibility index (Phi) is 4.63. The number of rotatable bonds is 5. The quantitative estimate of drug-likeness (QED) is 0.805. The van der Waals surface area contributed by atoms with Crippen LogP contribution < -0.4 is 10.5 Å². The molecule has 1 rings (SSSR count). The molecule has 0 saturated heterocycles. The van der Waals surface area contributed by atoms with E-state index in [0.29, 0.717) is 0 Å². The number of aryl methyl sites for hydroxylation is 2. The molecule has 0 radical (unpaired) electrons. The highest BCUT2D eigenvalue weighted by molar-refractivity contribution is 5.37. The monoisotopic (exact) mass is 207 g/mol. The predicted octanol–water partition coefficient (Wildman–Crippen LogP) is 2.54. The van der Waals surface area contributed by atoms with Crippen molar-refractivity contribution in [2.75, 3.05) is 7.11 Å². The molecule has 0 aromatic heterocycles. The lowest BCUT2D eigenvalue weighted by Gasteiger charge is -2.10. The van der Waals surface area contributed by atoms with Gasteiger partial charge in [-0.05, 0) is 43.4 Å². The molecule has 0 heterocycles. The SMILES string of the molecule is CCc1ccc(CCC(C)N)cc1OC. The Morgan fingerprint density at radius 2 is 2.13 bits per heavy atom. The van der Waals surface area contributed by atoms with E-state index < -0.39 is 0 Å². The lowest BCUT2D eigenvalue weighted by atomic mass is 10.0. The molecule has 0 bridgehead atoms. The van der Waals surface area contributed by atoms with Gasteiger partial charge >= 0.3 is 0 Å². The number of benzene rings is 1. The molecule has 1 aromatic carbocycles. The summed E-state index contributed by atoms with van der Waals surface area (Å²) in [5.74, 6) is 1.000. The molecule has 84 valence electrons. The summed E-state index contributed by atoms with van der Waals surface area (Å²) >= 11 is 0. The average molecular weight is 207 g/mol. The smallest absolute Gasteiger partial charge is 0.122 e. The van der Waals surface area contributed by atoms with Crippen molar-refractivity contribution in [3.8, 4) is 5.75 Å². The van der Waals surface area contributed by atoms with Crippen LogP contribution in [0.3, 0.4) is 0 Å². The number of nitrogens with two attached hydrogens (primary N) is 1. The molecule has 2 nitrogen and oxygen atoms in total. The average Bonchev–Trinajstić information content (AvgIpc) is 2.25. The van der Waals surface area contributed by atoms with Gasteiger partial charge in [-0.3, -0.25) is 0 Å². The fourth-order valence-corrected chi connectivity index (χ4v) is 1.63. The van der Waals surface area contributed by atoms with Crippen LogP contribution in [-0.4, -0.2) is 13.2 Å². The van der Waals surface area contributed by atoms with Crippen molar-refractivity contribution < 1.29 is 4.74 Å². The van der Waals surface area contributed by atoms with E-state index >= 15 is 0 Å². The van der Waals surface area contributed by atoms with Crippen molar-refractivity contribution in [3.05, 3.63) is 29.3 Å². The Morgan fingerprint density at radius 1 is 1.40 bits per heavy atom. The maximum absolute atomic E-state index is 5.74. The number of methoxy groups -OCH3 is 1. The van der Waals surface area contributed by atoms with Crippen LogP contribution in [0.1, 0.15) is 31.4 Å². The normalized spacial score (nSPS) is 12.5. The molecule has 0 aliphatic rings. The van der Waals surface area contributed by atoms with Crippen molar-refractivity contribution in [3.63, 3.8) is 0 Å². The van der Waals surface area contributed by atoms with Crippen molar-refractivity contribution in [2.24, 2.45) is 5.73 Å². The maximum atomic E-state index is 5.74. The first-order valence-electron chi connectivity index (χ1n) is 5.58. The summed E-state index contributed by atoms with van der Waals surface area (Å²) in [4.78, 5) is 0. The second-order valence-electron chi connectivity index (χ2n) is 4.02. The second-order valence-corrected chi connectivity index (χ2v) is 4.02. The zero-order valence-electron chi connectivity index (χ0n) is 9.92. The maximum Gasteiger partial charge on any atom is 0.122 e. The molecule has 0 aliphatic carbocycles. The van der Waals surface area contributed by atoms with Crippen molar-refractivity contribution in [1.29, 1.82) is 0 Å². The van der Waals surface area contributed by atoms with Crippen LogP contribution in [0.25, 0.3) is 0 Å². The third-order valence-corrected chi connectivity index (χ3v) is 2.62. The summed E-state index contributed by atoms with van der Waals surface area (Å²) in [5.41, 5.74) is 8.31. The molecule has 0 saturated carbocycles. The third-order valence-electron chi connectivity index (χ3n) is 2.62. The predicted molar refractivity (Wildman–Crippen MR) is 64.3 cm³/mol. The van der Waals surface area contributed by atoms with Crippen molar-refractivity contribution in [1.82, 2.24) is 0 Å². The lowest BCUT2D eigenvalue weighted by molar-refractivity contribution is 0.409. The summed E-state index contributed by atoms with van der Waals surface area (Å²) in [6.07, 6.45) is 3.06. The van der Waals surface area contributed by atoms with Gasteiger partial charge in [0.15, 0.2) is 0 Å². The van der Waals surface area contributed by atoms with E-state index in [1.54, 1.807) is 7.11 Å². The minimum atomic E-state index is 0.266. The molecule has 1 aromatic rings. The highest BCUT2D eigenvalue weighted by atomic mass is 16.5. The summed E-state index contributed by atoms with van der Waals surface area (Å²) in [7, 11) is 1.73. The summed E-state index contributed by atoms with van der Waals surface area (Å²) in [5, 5.41) is 0. The number of hydrogen-bond donors (Lipinski definition) is 1. The molecular formula is C13H21NO. The van der Waals surface area contributed by atoms with Crippen molar-refractivity contribution >= 4 is 0 Å². The van der Waals surface area contributed by atoms with E-state index in [4.69, 9.17) is 10.5 Å². The molecular weight excluding hydrogens is 186 g/mol. The van der Waals surface area contributed by atoms with Gasteiger partial charge in [-0.2, -0.15) is 0 Å². The first-order valence-corrected chi connectivity index (χ1v) is 5.58. The number of ether oxygens (including phenoxy) is 1. The summed E-state index contributed by atoms with van der Waals surface area (Å²) in [6, 6.07) is 6.71. The van der Waals surface area contributed by atoms with E-state index in [1.807, 2.05) is 6.92 Å². The lowest BCUT2D eigenvalue weighted by Crippen LogP contribution is -2.15. The van der Waals surface area contributed by atoms with Crippen LogP contribution in [0.4, 0.5) is 0 Å². The van der Waals surface area contributed by atoms with E-state index in [9.17, 15) is 0 Å². The van der Waals surface area contributed by atoms with Gasteiger partial charge in [0.2, 0.25) is 0 Å². The van der Waals surface area contributed by atoms with Crippen LogP contribution in [0.2, 0.25) is 0 Å². The van der Waals surface area contributed by atoms with Gasteiger partial charge in [-0.1, -0.05) is 19.1 Å².